The first-order valence-electron chi connectivity index (χ1n) is 7.92. The van der Waals surface area contributed by atoms with Crippen LogP contribution in [0.1, 0.15) is 44.1 Å². The maximum absolute atomic E-state index is 14.0. The fourth-order valence-corrected chi connectivity index (χ4v) is 3.39. The molecular weight excluding hydrogens is 269 g/mol. The first-order chi connectivity index (χ1) is 10.2. The van der Waals surface area contributed by atoms with Crippen LogP contribution in [-0.2, 0) is 0 Å². The lowest BCUT2D eigenvalue weighted by Gasteiger charge is -2.33. The first-order valence-corrected chi connectivity index (χ1v) is 7.92. The minimum Gasteiger partial charge on any atom is -0.491 e. The molecule has 0 spiro atoms. The Balaban J connectivity index is 2.09. The lowest BCUT2D eigenvalue weighted by molar-refractivity contribution is 0.158. The molecule has 0 heterocycles. The zero-order valence-corrected chi connectivity index (χ0v) is 12.7. The Bertz CT molecular complexity index is 444. The summed E-state index contributed by atoms with van der Waals surface area (Å²) in [7, 11) is 0. The molecule has 4 heteroatoms. The monoisotopic (exact) mass is 295 g/mol. The molecule has 0 radical (unpaired) electrons. The van der Waals surface area contributed by atoms with Crippen LogP contribution in [0.15, 0.2) is 18.2 Å². The van der Waals surface area contributed by atoms with E-state index in [1.54, 1.807) is 12.1 Å². The van der Waals surface area contributed by atoms with Crippen molar-refractivity contribution in [1.82, 2.24) is 0 Å². The SMILES string of the molecule is CCOc1ccc(C(CN)C2CCC(CO)CC2)cc1F. The average Bonchev–Trinajstić information content (AvgIpc) is 2.51. The molecule has 0 amide bonds. The molecule has 0 aromatic heterocycles. The summed E-state index contributed by atoms with van der Waals surface area (Å²) in [5, 5.41) is 9.22. The molecule has 1 aromatic carbocycles. The van der Waals surface area contributed by atoms with E-state index in [0.717, 1.165) is 31.2 Å². The number of hydrogen-bond donors (Lipinski definition) is 2. The van der Waals surface area contributed by atoms with E-state index in [-0.39, 0.29) is 18.3 Å². The third kappa shape index (κ3) is 3.95. The van der Waals surface area contributed by atoms with Gasteiger partial charge in [-0.25, -0.2) is 4.39 Å². The van der Waals surface area contributed by atoms with Crippen LogP contribution in [-0.4, -0.2) is 24.9 Å². The van der Waals surface area contributed by atoms with Gasteiger partial charge < -0.3 is 15.6 Å². The van der Waals surface area contributed by atoms with Crippen molar-refractivity contribution in [2.24, 2.45) is 17.6 Å². The van der Waals surface area contributed by atoms with E-state index in [1.807, 2.05) is 13.0 Å². The van der Waals surface area contributed by atoms with Gasteiger partial charge in [0.05, 0.1) is 6.61 Å². The highest BCUT2D eigenvalue weighted by Crippen LogP contribution is 2.38. The summed E-state index contributed by atoms with van der Waals surface area (Å²) >= 11 is 0. The number of hydrogen-bond acceptors (Lipinski definition) is 3. The highest BCUT2D eigenvalue weighted by molar-refractivity contribution is 5.32. The average molecular weight is 295 g/mol. The Morgan fingerprint density at radius 3 is 2.57 bits per heavy atom. The van der Waals surface area contributed by atoms with Gasteiger partial charge in [-0.15, -0.1) is 0 Å². The highest BCUT2D eigenvalue weighted by atomic mass is 19.1. The zero-order chi connectivity index (χ0) is 15.2. The molecule has 1 unspecified atom stereocenters. The Morgan fingerprint density at radius 2 is 2.05 bits per heavy atom. The fourth-order valence-electron chi connectivity index (χ4n) is 3.39. The second-order valence-corrected chi connectivity index (χ2v) is 5.93. The number of ether oxygens (including phenoxy) is 1. The summed E-state index contributed by atoms with van der Waals surface area (Å²) in [6.45, 7) is 3.11. The predicted molar refractivity (Wildman–Crippen MR) is 81.9 cm³/mol. The smallest absolute Gasteiger partial charge is 0.165 e. The lowest BCUT2D eigenvalue weighted by atomic mass is 9.73. The van der Waals surface area contributed by atoms with Crippen molar-refractivity contribution in [2.75, 3.05) is 19.8 Å². The molecule has 0 saturated heterocycles. The summed E-state index contributed by atoms with van der Waals surface area (Å²) in [5.74, 6) is 1.10. The second kappa shape index (κ2) is 7.76. The van der Waals surface area contributed by atoms with E-state index in [1.165, 1.54) is 0 Å². The van der Waals surface area contributed by atoms with E-state index in [9.17, 15) is 9.50 Å². The summed E-state index contributed by atoms with van der Waals surface area (Å²) in [6, 6.07) is 5.21. The summed E-state index contributed by atoms with van der Waals surface area (Å²) in [5.41, 5.74) is 6.91. The maximum Gasteiger partial charge on any atom is 0.165 e. The Morgan fingerprint density at radius 1 is 1.33 bits per heavy atom. The van der Waals surface area contributed by atoms with E-state index in [2.05, 4.69) is 0 Å². The molecule has 118 valence electrons. The number of aliphatic hydroxyl groups is 1. The third-order valence-electron chi connectivity index (χ3n) is 4.66. The number of rotatable bonds is 6. The van der Waals surface area contributed by atoms with Crippen molar-refractivity contribution in [3.8, 4) is 5.75 Å². The van der Waals surface area contributed by atoms with Gasteiger partial charge in [-0.2, -0.15) is 0 Å². The van der Waals surface area contributed by atoms with Gasteiger partial charge in [-0.3, -0.25) is 0 Å². The van der Waals surface area contributed by atoms with Crippen LogP contribution in [0.25, 0.3) is 0 Å². The molecular formula is C17H26FNO2. The van der Waals surface area contributed by atoms with Crippen molar-refractivity contribution in [1.29, 1.82) is 0 Å². The van der Waals surface area contributed by atoms with Gasteiger partial charge in [0.15, 0.2) is 11.6 Å². The van der Waals surface area contributed by atoms with Crippen LogP contribution in [0.2, 0.25) is 0 Å². The van der Waals surface area contributed by atoms with Crippen molar-refractivity contribution in [2.45, 2.75) is 38.5 Å². The second-order valence-electron chi connectivity index (χ2n) is 5.93. The Labute approximate surface area is 126 Å². The highest BCUT2D eigenvalue weighted by Gasteiger charge is 2.28. The molecule has 1 saturated carbocycles. The van der Waals surface area contributed by atoms with Crippen LogP contribution in [0, 0.1) is 17.7 Å². The maximum atomic E-state index is 14.0. The molecule has 0 aliphatic heterocycles. The van der Waals surface area contributed by atoms with Crippen molar-refractivity contribution in [3.05, 3.63) is 29.6 Å². The van der Waals surface area contributed by atoms with E-state index >= 15 is 0 Å². The van der Waals surface area contributed by atoms with Crippen LogP contribution >= 0.6 is 0 Å². The molecule has 1 atom stereocenters. The van der Waals surface area contributed by atoms with Gasteiger partial charge in [-0.05, 0) is 74.6 Å². The lowest BCUT2D eigenvalue weighted by Crippen LogP contribution is -2.27. The van der Waals surface area contributed by atoms with Crippen molar-refractivity contribution >= 4 is 0 Å². The van der Waals surface area contributed by atoms with Gasteiger partial charge in [0.2, 0.25) is 0 Å². The number of nitrogens with two attached hydrogens (primary N) is 1. The number of benzene rings is 1. The number of aliphatic hydroxyl groups excluding tert-OH is 1. The summed E-state index contributed by atoms with van der Waals surface area (Å²) < 4.78 is 19.3. The van der Waals surface area contributed by atoms with Crippen LogP contribution in [0.4, 0.5) is 4.39 Å². The number of halogens is 1. The van der Waals surface area contributed by atoms with Gasteiger partial charge in [0.25, 0.3) is 0 Å². The topological polar surface area (TPSA) is 55.5 Å². The molecule has 3 nitrogen and oxygen atoms in total. The molecule has 1 aromatic rings. The summed E-state index contributed by atoms with van der Waals surface area (Å²) in [4.78, 5) is 0. The summed E-state index contributed by atoms with van der Waals surface area (Å²) in [6.07, 6.45) is 4.19. The van der Waals surface area contributed by atoms with Crippen molar-refractivity contribution < 1.29 is 14.2 Å². The predicted octanol–water partition coefficient (Wildman–Crippen LogP) is 3.07. The molecule has 1 fully saturated rings. The van der Waals surface area contributed by atoms with Gasteiger partial charge in [0, 0.05) is 6.61 Å². The molecule has 3 N–H and O–H groups in total. The van der Waals surface area contributed by atoms with Gasteiger partial charge in [-0.1, -0.05) is 6.07 Å². The quantitative estimate of drug-likeness (QED) is 0.848. The zero-order valence-electron chi connectivity index (χ0n) is 12.7. The van der Waals surface area contributed by atoms with E-state index in [4.69, 9.17) is 10.5 Å². The van der Waals surface area contributed by atoms with E-state index < -0.39 is 0 Å². The third-order valence-corrected chi connectivity index (χ3v) is 4.66. The Kier molecular flexibility index (Phi) is 6.00. The molecule has 1 aliphatic carbocycles. The molecule has 1 aliphatic rings. The normalized spacial score (nSPS) is 23.8. The first kappa shape index (κ1) is 16.2. The fraction of sp³-hybridized carbons (Fsp3) is 0.647. The molecule has 2 rings (SSSR count). The molecule has 0 bridgehead atoms. The Hall–Kier alpha value is -1.13. The van der Waals surface area contributed by atoms with Gasteiger partial charge >= 0.3 is 0 Å². The minimum atomic E-state index is -0.308. The minimum absolute atomic E-state index is 0.190. The largest absolute Gasteiger partial charge is 0.491 e. The van der Waals surface area contributed by atoms with Crippen LogP contribution < -0.4 is 10.5 Å². The van der Waals surface area contributed by atoms with Crippen molar-refractivity contribution in [3.63, 3.8) is 0 Å². The van der Waals surface area contributed by atoms with Crippen LogP contribution in [0.3, 0.4) is 0 Å². The standard InChI is InChI=1S/C17H26FNO2/c1-2-21-17-8-7-14(9-16(17)18)15(10-19)13-5-3-12(11-20)4-6-13/h7-9,12-13,15,20H,2-6,10-11,19H2,1H3. The van der Waals surface area contributed by atoms with Crippen LogP contribution in [0.5, 0.6) is 5.75 Å². The van der Waals surface area contributed by atoms with Gasteiger partial charge in [0.1, 0.15) is 0 Å². The van der Waals surface area contributed by atoms with E-state index in [0.29, 0.717) is 30.7 Å². The molecule has 21 heavy (non-hydrogen) atoms.